The van der Waals surface area contributed by atoms with Gasteiger partial charge in [0.25, 0.3) is 0 Å². The molecule has 6 unspecified atom stereocenters. The van der Waals surface area contributed by atoms with Gasteiger partial charge in [-0.15, -0.1) is 0 Å². The number of benzene rings is 1. The highest BCUT2D eigenvalue weighted by Gasteiger charge is 2.62. The standard InChI is InChI=1S/C20H22O4/c1-11-13(6-4-12-5-7-16-17(8-12)22-10-21-16)14-9-15(14)19-18(11)23-20(2,3)24-19/h5,7-8,11,13-15,18-19H,9-10H2,1-3H3. The SMILES string of the molecule is CC1C(C#Cc2ccc3c(c2)OCO3)C2CC2C2OC(C)(C)OC12. The summed E-state index contributed by atoms with van der Waals surface area (Å²) in [4.78, 5) is 0. The van der Waals surface area contributed by atoms with Gasteiger partial charge in [0.1, 0.15) is 0 Å². The van der Waals surface area contributed by atoms with Crippen LogP contribution < -0.4 is 9.47 Å². The van der Waals surface area contributed by atoms with E-state index in [2.05, 4.69) is 18.8 Å². The first-order chi connectivity index (χ1) is 11.5. The molecule has 4 heteroatoms. The fourth-order valence-electron chi connectivity index (χ4n) is 4.55. The van der Waals surface area contributed by atoms with E-state index in [1.165, 1.54) is 6.42 Å². The molecule has 4 aliphatic rings. The topological polar surface area (TPSA) is 36.9 Å². The molecule has 1 saturated heterocycles. The Balaban J connectivity index is 1.39. The molecule has 2 aliphatic heterocycles. The zero-order valence-corrected chi connectivity index (χ0v) is 14.2. The lowest BCUT2D eigenvalue weighted by atomic mass is 9.77. The van der Waals surface area contributed by atoms with Crippen molar-refractivity contribution in [2.45, 2.75) is 45.2 Å². The lowest BCUT2D eigenvalue weighted by molar-refractivity contribution is -0.150. The van der Waals surface area contributed by atoms with Gasteiger partial charge in [-0.05, 0) is 56.2 Å². The number of hydrogen-bond acceptors (Lipinski definition) is 4. The predicted octanol–water partition coefficient (Wildman–Crippen LogP) is 3.19. The second-order valence-electron chi connectivity index (χ2n) is 7.85. The van der Waals surface area contributed by atoms with Gasteiger partial charge in [0, 0.05) is 11.5 Å². The van der Waals surface area contributed by atoms with E-state index in [1.807, 2.05) is 32.0 Å². The summed E-state index contributed by atoms with van der Waals surface area (Å²) in [5, 5.41) is 0. The molecule has 5 rings (SSSR count). The molecule has 3 fully saturated rings. The van der Waals surface area contributed by atoms with Crippen molar-refractivity contribution in [3.05, 3.63) is 23.8 Å². The molecule has 0 aromatic heterocycles. The number of ether oxygens (including phenoxy) is 4. The lowest BCUT2D eigenvalue weighted by Gasteiger charge is -2.32. The van der Waals surface area contributed by atoms with Gasteiger partial charge >= 0.3 is 0 Å². The normalized spacial score (nSPS) is 40.3. The van der Waals surface area contributed by atoms with Crippen LogP contribution >= 0.6 is 0 Å². The maximum Gasteiger partial charge on any atom is 0.231 e. The van der Waals surface area contributed by atoms with Crippen LogP contribution in [0.5, 0.6) is 11.5 Å². The van der Waals surface area contributed by atoms with Crippen molar-refractivity contribution >= 4 is 0 Å². The van der Waals surface area contributed by atoms with Crippen molar-refractivity contribution < 1.29 is 18.9 Å². The van der Waals surface area contributed by atoms with Crippen LogP contribution in [0, 0.1) is 35.5 Å². The van der Waals surface area contributed by atoms with Crippen molar-refractivity contribution in [1.29, 1.82) is 0 Å². The maximum absolute atomic E-state index is 6.18. The Hall–Kier alpha value is -1.70. The summed E-state index contributed by atoms with van der Waals surface area (Å²) in [6.45, 7) is 6.59. The van der Waals surface area contributed by atoms with E-state index >= 15 is 0 Å². The maximum atomic E-state index is 6.18. The third kappa shape index (κ3) is 2.22. The van der Waals surface area contributed by atoms with Crippen LogP contribution in [0.1, 0.15) is 32.8 Å². The van der Waals surface area contributed by atoms with E-state index < -0.39 is 5.79 Å². The van der Waals surface area contributed by atoms with E-state index in [-0.39, 0.29) is 12.2 Å². The average Bonchev–Trinajstić information content (AvgIpc) is 3.06. The molecule has 1 aromatic rings. The van der Waals surface area contributed by atoms with E-state index in [0.717, 1.165) is 17.1 Å². The second kappa shape index (κ2) is 4.91. The van der Waals surface area contributed by atoms with Crippen molar-refractivity contribution in [1.82, 2.24) is 0 Å². The molecule has 6 atom stereocenters. The van der Waals surface area contributed by atoms with Crippen molar-refractivity contribution in [3.8, 4) is 23.3 Å². The van der Waals surface area contributed by atoms with Crippen LogP contribution in [0.25, 0.3) is 0 Å². The predicted molar refractivity (Wildman–Crippen MR) is 87.5 cm³/mol. The van der Waals surface area contributed by atoms with E-state index in [4.69, 9.17) is 18.9 Å². The Kier molecular flexibility index (Phi) is 2.99. The molecule has 0 N–H and O–H groups in total. The molecule has 0 spiro atoms. The fourth-order valence-corrected chi connectivity index (χ4v) is 4.55. The summed E-state index contributed by atoms with van der Waals surface area (Å²) in [6, 6.07) is 5.90. The molecule has 2 heterocycles. The smallest absolute Gasteiger partial charge is 0.231 e. The Morgan fingerprint density at radius 3 is 2.71 bits per heavy atom. The third-order valence-electron chi connectivity index (χ3n) is 5.78. The van der Waals surface area contributed by atoms with E-state index in [1.54, 1.807) is 0 Å². The molecule has 126 valence electrons. The van der Waals surface area contributed by atoms with Gasteiger partial charge in [-0.25, -0.2) is 0 Å². The van der Waals surface area contributed by atoms with Gasteiger partial charge in [-0.1, -0.05) is 18.8 Å². The number of rotatable bonds is 0. The molecule has 0 radical (unpaired) electrons. The number of fused-ring (bicyclic) bond motifs is 4. The van der Waals surface area contributed by atoms with Crippen LogP contribution in [0.3, 0.4) is 0 Å². The molecule has 0 bridgehead atoms. The van der Waals surface area contributed by atoms with Gasteiger partial charge < -0.3 is 18.9 Å². The van der Waals surface area contributed by atoms with Crippen LogP contribution in [0.4, 0.5) is 0 Å². The van der Waals surface area contributed by atoms with Crippen molar-refractivity contribution in [2.24, 2.45) is 23.7 Å². The average molecular weight is 326 g/mol. The summed E-state index contributed by atoms with van der Waals surface area (Å²) < 4.78 is 23.1. The summed E-state index contributed by atoms with van der Waals surface area (Å²) >= 11 is 0. The minimum atomic E-state index is -0.462. The molecule has 1 aromatic carbocycles. The van der Waals surface area contributed by atoms with Gasteiger partial charge in [-0.3, -0.25) is 0 Å². The first kappa shape index (κ1) is 14.6. The lowest BCUT2D eigenvalue weighted by Crippen LogP contribution is -2.40. The first-order valence-corrected chi connectivity index (χ1v) is 8.79. The molecule has 2 aliphatic carbocycles. The van der Waals surface area contributed by atoms with Crippen LogP contribution in [0.15, 0.2) is 18.2 Å². The molecular formula is C20H22O4. The number of hydrogen-bond donors (Lipinski definition) is 0. The molecule has 0 amide bonds. The van der Waals surface area contributed by atoms with Crippen LogP contribution in [0.2, 0.25) is 0 Å². The van der Waals surface area contributed by atoms with E-state index in [9.17, 15) is 0 Å². The Labute approximate surface area is 142 Å². The third-order valence-corrected chi connectivity index (χ3v) is 5.78. The Morgan fingerprint density at radius 1 is 1.04 bits per heavy atom. The minimum Gasteiger partial charge on any atom is -0.454 e. The van der Waals surface area contributed by atoms with Crippen molar-refractivity contribution in [2.75, 3.05) is 6.79 Å². The fraction of sp³-hybridized carbons (Fsp3) is 0.600. The molecule has 24 heavy (non-hydrogen) atoms. The molecular weight excluding hydrogens is 304 g/mol. The highest BCUT2D eigenvalue weighted by atomic mass is 16.8. The van der Waals surface area contributed by atoms with Crippen LogP contribution in [-0.4, -0.2) is 24.8 Å². The zero-order chi connectivity index (χ0) is 16.5. The highest BCUT2D eigenvalue weighted by molar-refractivity contribution is 5.49. The van der Waals surface area contributed by atoms with Gasteiger partial charge in [0.05, 0.1) is 12.2 Å². The van der Waals surface area contributed by atoms with Gasteiger partial charge in [0.15, 0.2) is 17.3 Å². The van der Waals surface area contributed by atoms with Crippen molar-refractivity contribution in [3.63, 3.8) is 0 Å². The molecule has 4 nitrogen and oxygen atoms in total. The Bertz CT molecular complexity index is 744. The first-order valence-electron chi connectivity index (χ1n) is 8.79. The van der Waals surface area contributed by atoms with E-state index in [0.29, 0.717) is 30.5 Å². The highest BCUT2D eigenvalue weighted by Crippen LogP contribution is 2.59. The molecule has 2 saturated carbocycles. The van der Waals surface area contributed by atoms with Crippen LogP contribution in [-0.2, 0) is 9.47 Å². The summed E-state index contributed by atoms with van der Waals surface area (Å²) in [5.74, 6) is 10.0. The minimum absolute atomic E-state index is 0.166. The van der Waals surface area contributed by atoms with Gasteiger partial charge in [0.2, 0.25) is 6.79 Å². The van der Waals surface area contributed by atoms with Gasteiger partial charge in [-0.2, -0.15) is 0 Å². The Morgan fingerprint density at radius 2 is 1.83 bits per heavy atom. The monoisotopic (exact) mass is 326 g/mol. The summed E-state index contributed by atoms with van der Waals surface area (Å²) in [7, 11) is 0. The zero-order valence-electron chi connectivity index (χ0n) is 14.2. The largest absolute Gasteiger partial charge is 0.454 e. The second-order valence-corrected chi connectivity index (χ2v) is 7.85. The quantitative estimate of drug-likeness (QED) is 0.686. The summed E-state index contributed by atoms with van der Waals surface area (Å²) in [6.07, 6.45) is 1.63. The summed E-state index contributed by atoms with van der Waals surface area (Å²) in [5.41, 5.74) is 0.981.